The van der Waals surface area contributed by atoms with Crippen LogP contribution in [0.3, 0.4) is 0 Å². The monoisotopic (exact) mass is 442 g/mol. The van der Waals surface area contributed by atoms with E-state index >= 15 is 0 Å². The van der Waals surface area contributed by atoms with Crippen LogP contribution in [-0.2, 0) is 19.2 Å². The maximum absolute atomic E-state index is 12.0. The molecular weight excluding hydrogens is 400 g/mol. The van der Waals surface area contributed by atoms with Crippen LogP contribution in [0.4, 0.5) is 0 Å². The zero-order valence-electron chi connectivity index (χ0n) is 19.1. The van der Waals surface area contributed by atoms with Crippen molar-refractivity contribution in [2.75, 3.05) is 6.54 Å². The topological polar surface area (TPSA) is 133 Å². The number of unbranched alkanes of at least 4 members (excludes halogenated alkanes) is 11. The van der Waals surface area contributed by atoms with Gasteiger partial charge in [-0.05, 0) is 26.2 Å². The molecular formula is C23H42N2O6. The number of nitrogens with one attached hydrogen (secondary N) is 2. The highest BCUT2D eigenvalue weighted by Crippen LogP contribution is 2.13. The summed E-state index contributed by atoms with van der Waals surface area (Å²) in [4.78, 5) is 45.1. The van der Waals surface area contributed by atoms with E-state index in [2.05, 4.69) is 10.6 Å². The van der Waals surface area contributed by atoms with Crippen LogP contribution >= 0.6 is 0 Å². The Labute approximate surface area is 186 Å². The first kappa shape index (κ1) is 28.9. The number of carboxylic acid groups (broad SMARTS) is 2. The van der Waals surface area contributed by atoms with E-state index in [-0.39, 0.29) is 31.1 Å². The average molecular weight is 443 g/mol. The maximum atomic E-state index is 12.0. The van der Waals surface area contributed by atoms with Crippen LogP contribution in [0.25, 0.3) is 0 Å². The van der Waals surface area contributed by atoms with Crippen LogP contribution in [0.5, 0.6) is 0 Å². The molecule has 0 saturated heterocycles. The van der Waals surface area contributed by atoms with Gasteiger partial charge in [0.15, 0.2) is 0 Å². The lowest BCUT2D eigenvalue weighted by molar-refractivity contribution is -0.142. The number of carbonyl (C=O) groups is 4. The van der Waals surface area contributed by atoms with Gasteiger partial charge in [0.2, 0.25) is 11.8 Å². The molecule has 0 saturated carbocycles. The van der Waals surface area contributed by atoms with Gasteiger partial charge in [0.25, 0.3) is 0 Å². The molecule has 0 heterocycles. The van der Waals surface area contributed by atoms with E-state index in [0.717, 1.165) is 44.9 Å². The maximum Gasteiger partial charge on any atom is 0.326 e. The molecule has 0 fully saturated rings. The summed E-state index contributed by atoms with van der Waals surface area (Å²) in [6.45, 7) is 2.29. The number of rotatable bonds is 21. The van der Waals surface area contributed by atoms with E-state index in [0.29, 0.717) is 13.0 Å². The van der Waals surface area contributed by atoms with Gasteiger partial charge >= 0.3 is 11.9 Å². The van der Waals surface area contributed by atoms with Crippen molar-refractivity contribution < 1.29 is 29.4 Å². The lowest BCUT2D eigenvalue weighted by Gasteiger charge is -2.14. The van der Waals surface area contributed by atoms with Crippen LogP contribution < -0.4 is 10.6 Å². The summed E-state index contributed by atoms with van der Waals surface area (Å²) in [5.74, 6) is -2.30. The molecule has 0 radical (unpaired) electrons. The molecule has 1 atom stereocenters. The summed E-state index contributed by atoms with van der Waals surface area (Å²) in [5, 5.41) is 22.9. The quantitative estimate of drug-likeness (QED) is 0.198. The fraction of sp³-hybridized carbons (Fsp3) is 0.826. The summed E-state index contributed by atoms with van der Waals surface area (Å²) in [6, 6.07) is -1.02. The standard InChI is InChI=1S/C23H42N2O6/c1-2-24-20(26)18-17-19(23(30)31)25-21(27)15-13-11-9-7-5-3-4-6-8-10-12-14-16-22(28)29/h19H,2-18H2,1H3,(H,24,26)(H,25,27)(H,28,29)(H,30,31). The summed E-state index contributed by atoms with van der Waals surface area (Å²) in [6.07, 6.45) is 13.6. The number of carboxylic acids is 2. The Balaban J connectivity index is 3.58. The molecule has 0 aromatic heterocycles. The van der Waals surface area contributed by atoms with Crippen molar-refractivity contribution in [2.24, 2.45) is 0 Å². The molecule has 0 aromatic carbocycles. The van der Waals surface area contributed by atoms with Crippen molar-refractivity contribution in [3.05, 3.63) is 0 Å². The van der Waals surface area contributed by atoms with Crippen LogP contribution in [0, 0.1) is 0 Å². The molecule has 8 heteroatoms. The van der Waals surface area contributed by atoms with Gasteiger partial charge in [0, 0.05) is 25.8 Å². The van der Waals surface area contributed by atoms with E-state index in [9.17, 15) is 24.3 Å². The third-order valence-corrected chi connectivity index (χ3v) is 5.21. The van der Waals surface area contributed by atoms with Crippen LogP contribution in [0.2, 0.25) is 0 Å². The first-order valence-electron chi connectivity index (χ1n) is 11.9. The zero-order chi connectivity index (χ0) is 23.3. The molecule has 0 aliphatic carbocycles. The van der Waals surface area contributed by atoms with E-state index in [4.69, 9.17) is 5.11 Å². The summed E-state index contributed by atoms with van der Waals surface area (Å²) in [7, 11) is 0. The highest BCUT2D eigenvalue weighted by atomic mass is 16.4. The Bertz CT molecular complexity index is 524. The normalized spacial score (nSPS) is 11.6. The molecule has 0 spiro atoms. The van der Waals surface area contributed by atoms with Crippen LogP contribution in [0.15, 0.2) is 0 Å². The van der Waals surface area contributed by atoms with Gasteiger partial charge < -0.3 is 20.8 Å². The van der Waals surface area contributed by atoms with Crippen molar-refractivity contribution in [1.82, 2.24) is 10.6 Å². The lowest BCUT2D eigenvalue weighted by atomic mass is 10.0. The van der Waals surface area contributed by atoms with Gasteiger partial charge in [0.1, 0.15) is 6.04 Å². The van der Waals surface area contributed by atoms with Crippen molar-refractivity contribution in [3.8, 4) is 0 Å². The van der Waals surface area contributed by atoms with Crippen molar-refractivity contribution in [2.45, 2.75) is 116 Å². The van der Waals surface area contributed by atoms with Gasteiger partial charge in [-0.3, -0.25) is 14.4 Å². The molecule has 1 unspecified atom stereocenters. The van der Waals surface area contributed by atoms with Gasteiger partial charge in [-0.2, -0.15) is 0 Å². The predicted octanol–water partition coefficient (Wildman–Crippen LogP) is 4.02. The van der Waals surface area contributed by atoms with Gasteiger partial charge in [-0.25, -0.2) is 4.79 Å². The van der Waals surface area contributed by atoms with E-state index in [1.54, 1.807) is 6.92 Å². The molecule has 31 heavy (non-hydrogen) atoms. The first-order valence-corrected chi connectivity index (χ1v) is 11.9. The Hall–Kier alpha value is -2.12. The molecule has 0 rings (SSSR count). The lowest BCUT2D eigenvalue weighted by Crippen LogP contribution is -2.41. The van der Waals surface area contributed by atoms with Crippen LogP contribution in [0.1, 0.15) is 110 Å². The van der Waals surface area contributed by atoms with Crippen molar-refractivity contribution in [3.63, 3.8) is 0 Å². The molecule has 0 aromatic rings. The number of aliphatic carboxylic acids is 2. The van der Waals surface area contributed by atoms with Crippen LogP contribution in [-0.4, -0.2) is 46.6 Å². The SMILES string of the molecule is CCNC(=O)CCC(NC(=O)CCCCCCCCCCCCCCC(=O)O)C(=O)O. The minimum Gasteiger partial charge on any atom is -0.481 e. The number of amides is 2. The highest BCUT2D eigenvalue weighted by molar-refractivity contribution is 5.84. The fourth-order valence-electron chi connectivity index (χ4n) is 3.41. The Kier molecular flexibility index (Phi) is 18.5. The minimum atomic E-state index is -1.11. The predicted molar refractivity (Wildman–Crippen MR) is 120 cm³/mol. The van der Waals surface area contributed by atoms with Crippen molar-refractivity contribution >= 4 is 23.8 Å². The Morgan fingerprint density at radius 2 is 1.10 bits per heavy atom. The number of carbonyl (C=O) groups excluding carboxylic acids is 2. The zero-order valence-corrected chi connectivity index (χ0v) is 19.1. The number of hydrogen-bond donors (Lipinski definition) is 4. The molecule has 180 valence electrons. The van der Waals surface area contributed by atoms with Gasteiger partial charge in [-0.1, -0.05) is 64.2 Å². The van der Waals surface area contributed by atoms with E-state index in [1.807, 2.05) is 0 Å². The molecule has 0 bridgehead atoms. The summed E-state index contributed by atoms with van der Waals surface area (Å²) < 4.78 is 0. The highest BCUT2D eigenvalue weighted by Gasteiger charge is 2.20. The second kappa shape index (κ2) is 19.8. The molecule has 8 nitrogen and oxygen atoms in total. The second-order valence-corrected chi connectivity index (χ2v) is 8.09. The average Bonchev–Trinajstić information content (AvgIpc) is 2.71. The smallest absolute Gasteiger partial charge is 0.326 e. The first-order chi connectivity index (χ1) is 14.9. The second-order valence-electron chi connectivity index (χ2n) is 8.09. The third-order valence-electron chi connectivity index (χ3n) is 5.21. The largest absolute Gasteiger partial charge is 0.481 e. The minimum absolute atomic E-state index is 0.0792. The summed E-state index contributed by atoms with van der Waals surface area (Å²) >= 11 is 0. The van der Waals surface area contributed by atoms with Gasteiger partial charge in [0.05, 0.1) is 0 Å². The fourth-order valence-corrected chi connectivity index (χ4v) is 3.41. The molecule has 4 N–H and O–H groups in total. The molecule has 0 aliphatic rings. The van der Waals surface area contributed by atoms with Crippen molar-refractivity contribution in [1.29, 1.82) is 0 Å². The Morgan fingerprint density at radius 3 is 1.52 bits per heavy atom. The number of hydrogen-bond acceptors (Lipinski definition) is 4. The van der Waals surface area contributed by atoms with E-state index < -0.39 is 18.0 Å². The van der Waals surface area contributed by atoms with E-state index in [1.165, 1.54) is 32.1 Å². The van der Waals surface area contributed by atoms with Gasteiger partial charge in [-0.15, -0.1) is 0 Å². The third kappa shape index (κ3) is 19.6. The molecule has 2 amide bonds. The Morgan fingerprint density at radius 1 is 0.645 bits per heavy atom. The summed E-state index contributed by atoms with van der Waals surface area (Å²) in [5.41, 5.74) is 0. The molecule has 0 aliphatic heterocycles.